The second-order valence-electron chi connectivity index (χ2n) is 4.34. The van der Waals surface area contributed by atoms with E-state index in [4.69, 9.17) is 0 Å². The smallest absolute Gasteiger partial charge is 0.132 e. The van der Waals surface area contributed by atoms with Crippen molar-refractivity contribution in [1.82, 2.24) is 5.32 Å². The summed E-state index contributed by atoms with van der Waals surface area (Å²) in [5.74, 6) is -0.157. The molecule has 1 aromatic carbocycles. The highest BCUT2D eigenvalue weighted by molar-refractivity contribution is 5.65. The Hall–Kier alpha value is -1.31. The van der Waals surface area contributed by atoms with Crippen LogP contribution in [0.5, 0.6) is 0 Å². The standard InChI is InChI=1S/C14H18FN/c1-11-14-12(8-6-9-13(14)15)7-4-2-3-5-10-16-11/h6,8-9,16H,1-5,7,10H2. The maximum Gasteiger partial charge on any atom is 0.132 e. The number of fused-ring (bicyclic) bond motifs is 1. The third-order valence-electron chi connectivity index (χ3n) is 3.11. The summed E-state index contributed by atoms with van der Waals surface area (Å²) >= 11 is 0. The largest absolute Gasteiger partial charge is 0.385 e. The number of benzene rings is 1. The Balaban J connectivity index is 2.33. The Labute approximate surface area is 96.4 Å². The van der Waals surface area contributed by atoms with E-state index < -0.39 is 0 Å². The predicted octanol–water partition coefficient (Wildman–Crippen LogP) is 3.50. The van der Waals surface area contributed by atoms with Gasteiger partial charge in [-0.3, -0.25) is 0 Å². The van der Waals surface area contributed by atoms with Crippen LogP contribution in [0.25, 0.3) is 5.70 Å². The summed E-state index contributed by atoms with van der Waals surface area (Å²) in [7, 11) is 0. The third kappa shape index (κ3) is 2.43. The number of nitrogens with one attached hydrogen (secondary N) is 1. The summed E-state index contributed by atoms with van der Waals surface area (Å²) in [6.07, 6.45) is 5.70. The van der Waals surface area contributed by atoms with Crippen LogP contribution in [-0.2, 0) is 6.42 Å². The minimum atomic E-state index is -0.157. The first-order chi connectivity index (χ1) is 7.79. The van der Waals surface area contributed by atoms with Crippen molar-refractivity contribution in [2.75, 3.05) is 6.54 Å². The predicted molar refractivity (Wildman–Crippen MR) is 65.6 cm³/mol. The number of rotatable bonds is 0. The van der Waals surface area contributed by atoms with Crippen LogP contribution in [0.2, 0.25) is 0 Å². The van der Waals surface area contributed by atoms with Gasteiger partial charge in [-0.2, -0.15) is 0 Å². The molecule has 16 heavy (non-hydrogen) atoms. The Kier molecular flexibility index (Phi) is 3.60. The van der Waals surface area contributed by atoms with Crippen molar-refractivity contribution in [2.24, 2.45) is 0 Å². The minimum Gasteiger partial charge on any atom is -0.385 e. The SMILES string of the molecule is C=C1NCCCCCCc2cccc(F)c21. The van der Waals surface area contributed by atoms with E-state index in [-0.39, 0.29) is 5.82 Å². The van der Waals surface area contributed by atoms with E-state index in [1.165, 1.54) is 18.9 Å². The van der Waals surface area contributed by atoms with E-state index in [1.807, 2.05) is 6.07 Å². The molecular formula is C14H18FN. The van der Waals surface area contributed by atoms with E-state index in [0.29, 0.717) is 5.56 Å². The molecule has 1 N–H and O–H groups in total. The Morgan fingerprint density at radius 3 is 2.81 bits per heavy atom. The molecule has 0 saturated heterocycles. The van der Waals surface area contributed by atoms with Gasteiger partial charge in [0.1, 0.15) is 5.82 Å². The first-order valence-corrected chi connectivity index (χ1v) is 5.99. The Bertz CT molecular complexity index is 384. The molecule has 0 spiro atoms. The van der Waals surface area contributed by atoms with Gasteiger partial charge in [-0.1, -0.05) is 31.6 Å². The van der Waals surface area contributed by atoms with Crippen molar-refractivity contribution >= 4 is 5.70 Å². The summed E-state index contributed by atoms with van der Waals surface area (Å²) in [6, 6.07) is 5.30. The fraction of sp³-hybridized carbons (Fsp3) is 0.429. The van der Waals surface area contributed by atoms with Gasteiger partial charge in [-0.05, 0) is 30.9 Å². The van der Waals surface area contributed by atoms with Gasteiger partial charge in [0.15, 0.2) is 0 Å². The summed E-state index contributed by atoms with van der Waals surface area (Å²) in [6.45, 7) is 4.83. The van der Waals surface area contributed by atoms with Gasteiger partial charge in [-0.15, -0.1) is 0 Å². The van der Waals surface area contributed by atoms with Crippen molar-refractivity contribution in [3.8, 4) is 0 Å². The molecule has 0 amide bonds. The van der Waals surface area contributed by atoms with Crippen LogP contribution >= 0.6 is 0 Å². The van der Waals surface area contributed by atoms with E-state index in [2.05, 4.69) is 11.9 Å². The second-order valence-corrected chi connectivity index (χ2v) is 4.34. The Morgan fingerprint density at radius 1 is 1.12 bits per heavy atom. The quantitative estimate of drug-likeness (QED) is 0.704. The zero-order valence-corrected chi connectivity index (χ0v) is 9.56. The lowest BCUT2D eigenvalue weighted by atomic mass is 9.97. The van der Waals surface area contributed by atoms with Crippen LogP contribution in [0.1, 0.15) is 36.8 Å². The molecule has 0 saturated carbocycles. The number of hydrogen-bond acceptors (Lipinski definition) is 1. The first kappa shape index (κ1) is 11.2. The summed E-state index contributed by atoms with van der Waals surface area (Å²) in [4.78, 5) is 0. The van der Waals surface area contributed by atoms with Gasteiger partial charge in [-0.25, -0.2) is 4.39 Å². The normalized spacial score (nSPS) is 17.4. The van der Waals surface area contributed by atoms with Gasteiger partial charge in [0.2, 0.25) is 0 Å². The molecule has 0 fully saturated rings. The molecule has 2 heteroatoms. The van der Waals surface area contributed by atoms with Gasteiger partial charge in [0, 0.05) is 17.8 Å². The first-order valence-electron chi connectivity index (χ1n) is 5.99. The monoisotopic (exact) mass is 219 g/mol. The molecule has 1 heterocycles. The molecule has 0 bridgehead atoms. The lowest BCUT2D eigenvalue weighted by Crippen LogP contribution is -2.16. The van der Waals surface area contributed by atoms with Crippen LogP contribution in [0.15, 0.2) is 24.8 Å². The van der Waals surface area contributed by atoms with Gasteiger partial charge >= 0.3 is 0 Å². The Morgan fingerprint density at radius 2 is 1.94 bits per heavy atom. The minimum absolute atomic E-state index is 0.157. The van der Waals surface area contributed by atoms with E-state index in [1.54, 1.807) is 6.07 Å². The molecule has 0 atom stereocenters. The van der Waals surface area contributed by atoms with Crippen LogP contribution in [-0.4, -0.2) is 6.54 Å². The molecule has 1 aliphatic heterocycles. The van der Waals surface area contributed by atoms with Gasteiger partial charge in [0.25, 0.3) is 0 Å². The number of halogens is 1. The fourth-order valence-electron chi connectivity index (χ4n) is 2.24. The second kappa shape index (κ2) is 5.15. The number of aryl methyl sites for hydroxylation is 1. The average molecular weight is 219 g/mol. The lowest BCUT2D eigenvalue weighted by molar-refractivity contribution is 0.598. The van der Waals surface area contributed by atoms with Crippen molar-refractivity contribution in [1.29, 1.82) is 0 Å². The number of hydrogen-bond donors (Lipinski definition) is 1. The molecule has 1 nitrogen and oxygen atoms in total. The maximum absolute atomic E-state index is 13.8. The van der Waals surface area contributed by atoms with Gasteiger partial charge < -0.3 is 5.32 Å². The summed E-state index contributed by atoms with van der Waals surface area (Å²) in [5.41, 5.74) is 2.50. The molecule has 86 valence electrons. The highest BCUT2D eigenvalue weighted by Gasteiger charge is 2.12. The topological polar surface area (TPSA) is 12.0 Å². The van der Waals surface area contributed by atoms with Gasteiger partial charge in [0.05, 0.1) is 0 Å². The highest BCUT2D eigenvalue weighted by Crippen LogP contribution is 2.23. The highest BCUT2D eigenvalue weighted by atomic mass is 19.1. The molecule has 1 aliphatic rings. The van der Waals surface area contributed by atoms with Crippen LogP contribution in [0.4, 0.5) is 4.39 Å². The molecule has 2 rings (SSSR count). The van der Waals surface area contributed by atoms with Crippen molar-refractivity contribution < 1.29 is 4.39 Å². The van der Waals surface area contributed by atoms with E-state index in [0.717, 1.165) is 37.1 Å². The molecular weight excluding hydrogens is 201 g/mol. The zero-order valence-electron chi connectivity index (χ0n) is 9.56. The van der Waals surface area contributed by atoms with Crippen LogP contribution in [0.3, 0.4) is 0 Å². The maximum atomic E-state index is 13.8. The molecule has 0 aliphatic carbocycles. The molecule has 1 aromatic rings. The van der Waals surface area contributed by atoms with Crippen LogP contribution in [0, 0.1) is 5.82 Å². The molecule has 0 unspecified atom stereocenters. The summed E-state index contributed by atoms with van der Waals surface area (Å²) < 4.78 is 13.8. The molecule has 0 aromatic heterocycles. The van der Waals surface area contributed by atoms with E-state index >= 15 is 0 Å². The van der Waals surface area contributed by atoms with Crippen molar-refractivity contribution in [3.63, 3.8) is 0 Å². The lowest BCUT2D eigenvalue weighted by Gasteiger charge is -2.16. The third-order valence-corrected chi connectivity index (χ3v) is 3.11. The molecule has 0 radical (unpaired) electrons. The van der Waals surface area contributed by atoms with E-state index in [9.17, 15) is 4.39 Å². The average Bonchev–Trinajstić information content (AvgIpc) is 2.27. The zero-order chi connectivity index (χ0) is 11.4. The van der Waals surface area contributed by atoms with Crippen LogP contribution < -0.4 is 5.32 Å². The van der Waals surface area contributed by atoms with Crippen molar-refractivity contribution in [3.05, 3.63) is 41.7 Å². The summed E-state index contributed by atoms with van der Waals surface area (Å²) in [5, 5.41) is 3.21. The fourth-order valence-corrected chi connectivity index (χ4v) is 2.24. The van der Waals surface area contributed by atoms with Crippen molar-refractivity contribution in [2.45, 2.75) is 32.1 Å².